The smallest absolute Gasteiger partial charge is 0.190 e. The van der Waals surface area contributed by atoms with Crippen LogP contribution in [0.4, 0.5) is 0 Å². The summed E-state index contributed by atoms with van der Waals surface area (Å²) in [5.74, 6) is 0.796. The lowest BCUT2D eigenvalue weighted by atomic mass is 9.78. The number of ether oxygens (including phenoxy) is 2. The maximum absolute atomic E-state index is 12.2. The van der Waals surface area contributed by atoms with Crippen molar-refractivity contribution in [2.45, 2.75) is 77.6 Å². The Morgan fingerprint density at radius 3 is 2.84 bits per heavy atom. The molecule has 0 radical (unpaired) electrons. The molecular formula is C21H30O4. The summed E-state index contributed by atoms with van der Waals surface area (Å²) >= 11 is 0. The molecule has 2 heterocycles. The molecule has 1 saturated heterocycles. The van der Waals surface area contributed by atoms with Gasteiger partial charge >= 0.3 is 0 Å². The minimum absolute atomic E-state index is 0.118. The van der Waals surface area contributed by atoms with Crippen LogP contribution in [-0.2, 0) is 14.3 Å². The lowest BCUT2D eigenvalue weighted by molar-refractivity contribution is -0.130. The number of carbonyl (C=O) groups is 1. The van der Waals surface area contributed by atoms with Crippen LogP contribution >= 0.6 is 0 Å². The van der Waals surface area contributed by atoms with E-state index in [0.29, 0.717) is 31.4 Å². The molecule has 2 aliphatic heterocycles. The average Bonchev–Trinajstić information content (AvgIpc) is 2.85. The second kappa shape index (κ2) is 7.08. The molecule has 0 unspecified atom stereocenters. The molecule has 4 nitrogen and oxygen atoms in total. The first-order valence-corrected chi connectivity index (χ1v) is 9.37. The molecule has 0 aromatic heterocycles. The zero-order valence-electron chi connectivity index (χ0n) is 15.8. The number of aliphatic hydroxyl groups is 1. The first kappa shape index (κ1) is 18.4. The zero-order valence-corrected chi connectivity index (χ0v) is 15.8. The Balaban J connectivity index is 1.75. The third-order valence-corrected chi connectivity index (χ3v) is 5.74. The minimum atomic E-state index is -0.874. The number of hydrogen-bond donors (Lipinski definition) is 1. The van der Waals surface area contributed by atoms with E-state index in [-0.39, 0.29) is 17.8 Å². The van der Waals surface area contributed by atoms with Crippen molar-refractivity contribution >= 4 is 5.78 Å². The Hall–Kier alpha value is -1.39. The molecule has 4 atom stereocenters. The number of Topliss-reactive ketones (excluding diaryl/α,β-unsaturated/α-hetero) is 1. The molecule has 0 aromatic carbocycles. The van der Waals surface area contributed by atoms with E-state index in [1.807, 2.05) is 0 Å². The van der Waals surface area contributed by atoms with Gasteiger partial charge in [0.1, 0.15) is 23.6 Å². The summed E-state index contributed by atoms with van der Waals surface area (Å²) in [5.41, 5.74) is 2.93. The number of carbonyl (C=O) groups excluding carboxylic acids is 1. The van der Waals surface area contributed by atoms with Crippen LogP contribution in [-0.4, -0.2) is 35.3 Å². The number of fused-ring (bicyclic) bond motifs is 1. The predicted octanol–water partition coefficient (Wildman–Crippen LogP) is 3.85. The highest BCUT2D eigenvalue weighted by Gasteiger charge is 2.54. The van der Waals surface area contributed by atoms with Gasteiger partial charge in [-0.15, -0.1) is 0 Å². The van der Waals surface area contributed by atoms with Gasteiger partial charge < -0.3 is 14.6 Å². The molecule has 0 bridgehead atoms. The zero-order chi connectivity index (χ0) is 18.2. The lowest BCUT2D eigenvalue weighted by Gasteiger charge is -2.42. The molecule has 4 heteroatoms. The predicted molar refractivity (Wildman–Crippen MR) is 97.0 cm³/mol. The summed E-state index contributed by atoms with van der Waals surface area (Å²) in [6.45, 7) is 9.15. The summed E-state index contributed by atoms with van der Waals surface area (Å²) in [7, 11) is 0. The van der Waals surface area contributed by atoms with E-state index in [0.717, 1.165) is 18.6 Å². The van der Waals surface area contributed by atoms with Crippen LogP contribution in [0, 0.1) is 5.92 Å². The Bertz CT molecular complexity index is 638. The lowest BCUT2D eigenvalue weighted by Crippen LogP contribution is -2.48. The fourth-order valence-electron chi connectivity index (χ4n) is 4.09. The normalized spacial score (nSPS) is 35.2. The second-order valence-electron chi connectivity index (χ2n) is 8.07. The van der Waals surface area contributed by atoms with E-state index in [4.69, 9.17) is 9.47 Å². The fourth-order valence-corrected chi connectivity index (χ4v) is 4.09. The molecule has 1 fully saturated rings. The van der Waals surface area contributed by atoms with E-state index >= 15 is 0 Å². The molecule has 3 rings (SSSR count). The van der Waals surface area contributed by atoms with Crippen molar-refractivity contribution in [1.29, 1.82) is 0 Å². The molecule has 1 aliphatic carbocycles. The summed E-state index contributed by atoms with van der Waals surface area (Å²) < 4.78 is 12.3. The molecule has 0 spiro atoms. The van der Waals surface area contributed by atoms with E-state index in [9.17, 15) is 9.90 Å². The van der Waals surface area contributed by atoms with Crippen molar-refractivity contribution < 1.29 is 19.4 Å². The van der Waals surface area contributed by atoms with Crippen LogP contribution in [0.25, 0.3) is 0 Å². The van der Waals surface area contributed by atoms with Gasteiger partial charge in [0.05, 0.1) is 6.61 Å². The summed E-state index contributed by atoms with van der Waals surface area (Å²) in [6.07, 6.45) is 7.32. The second-order valence-corrected chi connectivity index (χ2v) is 8.07. The third-order valence-electron chi connectivity index (χ3n) is 5.74. The van der Waals surface area contributed by atoms with E-state index in [1.165, 1.54) is 11.1 Å². The maximum atomic E-state index is 12.2. The Kier molecular flexibility index (Phi) is 5.21. The van der Waals surface area contributed by atoms with E-state index in [2.05, 4.69) is 39.8 Å². The molecule has 0 aromatic rings. The van der Waals surface area contributed by atoms with Crippen LogP contribution in [0.5, 0.6) is 0 Å². The highest BCUT2D eigenvalue weighted by Crippen LogP contribution is 2.47. The number of hydrogen-bond acceptors (Lipinski definition) is 4. The van der Waals surface area contributed by atoms with Crippen molar-refractivity contribution in [1.82, 2.24) is 0 Å². The van der Waals surface area contributed by atoms with E-state index < -0.39 is 11.7 Å². The van der Waals surface area contributed by atoms with Crippen molar-refractivity contribution in [3.63, 3.8) is 0 Å². The Morgan fingerprint density at radius 1 is 1.36 bits per heavy atom. The highest BCUT2D eigenvalue weighted by atomic mass is 16.6. The molecule has 3 aliphatic rings. The Labute approximate surface area is 150 Å². The van der Waals surface area contributed by atoms with Crippen molar-refractivity contribution in [3.8, 4) is 0 Å². The topological polar surface area (TPSA) is 55.8 Å². The largest absolute Gasteiger partial charge is 0.488 e. The van der Waals surface area contributed by atoms with Crippen LogP contribution in [0.1, 0.15) is 59.8 Å². The molecule has 1 N–H and O–H groups in total. The number of aliphatic hydroxyl groups excluding tert-OH is 1. The molecule has 0 saturated carbocycles. The Morgan fingerprint density at radius 2 is 2.12 bits per heavy atom. The van der Waals surface area contributed by atoms with Gasteiger partial charge in [-0.05, 0) is 47.0 Å². The quantitative estimate of drug-likeness (QED) is 0.786. The van der Waals surface area contributed by atoms with Gasteiger partial charge in [-0.1, -0.05) is 23.3 Å². The first-order valence-electron chi connectivity index (χ1n) is 9.37. The van der Waals surface area contributed by atoms with Gasteiger partial charge in [0.2, 0.25) is 0 Å². The summed E-state index contributed by atoms with van der Waals surface area (Å²) in [5, 5.41) is 9.82. The number of rotatable bonds is 4. The maximum Gasteiger partial charge on any atom is 0.190 e. The van der Waals surface area contributed by atoms with Crippen molar-refractivity contribution in [2.24, 2.45) is 5.92 Å². The first-order chi connectivity index (χ1) is 11.8. The minimum Gasteiger partial charge on any atom is -0.488 e. The number of allylic oxidation sites excluding steroid dienone is 4. The summed E-state index contributed by atoms with van der Waals surface area (Å²) in [6, 6.07) is 0. The van der Waals surface area contributed by atoms with E-state index in [1.54, 1.807) is 0 Å². The molecular weight excluding hydrogens is 316 g/mol. The molecule has 0 amide bonds. The number of ketones is 1. The molecule has 138 valence electrons. The molecule has 25 heavy (non-hydrogen) atoms. The highest BCUT2D eigenvalue weighted by molar-refractivity contribution is 6.00. The average molecular weight is 346 g/mol. The van der Waals surface area contributed by atoms with Gasteiger partial charge in [0.25, 0.3) is 0 Å². The van der Waals surface area contributed by atoms with Crippen molar-refractivity contribution in [2.75, 3.05) is 6.61 Å². The van der Waals surface area contributed by atoms with Gasteiger partial charge in [-0.2, -0.15) is 0 Å². The van der Waals surface area contributed by atoms with Gasteiger partial charge in [0, 0.05) is 24.3 Å². The van der Waals surface area contributed by atoms with Crippen LogP contribution in [0.2, 0.25) is 0 Å². The van der Waals surface area contributed by atoms with Crippen molar-refractivity contribution in [3.05, 3.63) is 34.6 Å². The third kappa shape index (κ3) is 3.61. The van der Waals surface area contributed by atoms with Gasteiger partial charge in [0.15, 0.2) is 5.78 Å². The summed E-state index contributed by atoms with van der Waals surface area (Å²) in [4.78, 5) is 12.2. The van der Waals surface area contributed by atoms with Crippen LogP contribution in [0.15, 0.2) is 34.6 Å². The van der Waals surface area contributed by atoms with Gasteiger partial charge in [-0.25, -0.2) is 0 Å². The standard InChI is InChI=1S/C21H30O4/c1-13(2)6-5-7-14(3)10-15-12-24-19-11-16-18(25-21(15,19)4)9-8-17(22)20(16)23/h6,10,15,17,19,22H,5,7-9,11-12H2,1-4H3/t15-,17+,19-,21+/m0/s1. The van der Waals surface area contributed by atoms with Gasteiger partial charge in [-0.3, -0.25) is 4.79 Å². The van der Waals surface area contributed by atoms with Crippen LogP contribution in [0.3, 0.4) is 0 Å². The SMILES string of the molecule is CC(C)=CCCC(C)=C[C@H]1CO[C@H]2CC3=C(CC[C@@H](O)C3=O)O[C@@]21C. The fraction of sp³-hybridized carbons (Fsp3) is 0.667. The van der Waals surface area contributed by atoms with Crippen LogP contribution < -0.4 is 0 Å². The monoisotopic (exact) mass is 346 g/mol.